The van der Waals surface area contributed by atoms with Gasteiger partial charge in [-0.2, -0.15) is 0 Å². The maximum absolute atomic E-state index is 12.2. The van der Waals surface area contributed by atoms with Gasteiger partial charge in [0.05, 0.1) is 0 Å². The molecule has 118 valence electrons. The van der Waals surface area contributed by atoms with E-state index in [2.05, 4.69) is 44.3 Å². The van der Waals surface area contributed by atoms with Gasteiger partial charge in [0.1, 0.15) is 0 Å². The molecule has 1 amide bonds. The molecular weight excluding hydrogens is 284 g/mol. The third-order valence-electron chi connectivity index (χ3n) is 4.42. The third-order valence-corrected chi connectivity index (χ3v) is 4.42. The Kier molecular flexibility index (Phi) is 6.24. The number of carbonyl (C=O) groups is 1. The van der Waals surface area contributed by atoms with E-state index in [4.69, 9.17) is 5.73 Å². The molecule has 1 aromatic rings. The molecule has 0 heterocycles. The van der Waals surface area contributed by atoms with Crippen LogP contribution in [0.3, 0.4) is 0 Å². The van der Waals surface area contributed by atoms with Crippen LogP contribution in [-0.4, -0.2) is 18.5 Å². The highest BCUT2D eigenvalue weighted by molar-refractivity contribution is 5.85. The highest BCUT2D eigenvalue weighted by Crippen LogP contribution is 2.27. The Hall–Kier alpha value is -1.06. The fourth-order valence-corrected chi connectivity index (χ4v) is 3.13. The summed E-state index contributed by atoms with van der Waals surface area (Å²) in [4.78, 5) is 12.2. The molecule has 1 fully saturated rings. The number of hydrogen-bond acceptors (Lipinski definition) is 2. The van der Waals surface area contributed by atoms with Crippen LogP contribution in [0.4, 0.5) is 0 Å². The van der Waals surface area contributed by atoms with Gasteiger partial charge in [-0.05, 0) is 37.3 Å². The number of halogens is 1. The normalized spacial score (nSPS) is 21.7. The van der Waals surface area contributed by atoms with Crippen LogP contribution in [0.2, 0.25) is 0 Å². The maximum Gasteiger partial charge on any atom is 0.223 e. The topological polar surface area (TPSA) is 55.1 Å². The van der Waals surface area contributed by atoms with Gasteiger partial charge in [-0.15, -0.1) is 12.4 Å². The van der Waals surface area contributed by atoms with Gasteiger partial charge in [0, 0.05) is 23.9 Å². The largest absolute Gasteiger partial charge is 0.355 e. The fraction of sp³-hybridized carbons (Fsp3) is 0.588. The number of carbonyl (C=O) groups excluding carboxylic acids is 1. The minimum atomic E-state index is -0.0538. The Labute approximate surface area is 134 Å². The molecule has 1 aliphatic rings. The van der Waals surface area contributed by atoms with Crippen molar-refractivity contribution in [2.24, 2.45) is 11.7 Å². The van der Waals surface area contributed by atoms with Crippen molar-refractivity contribution in [2.75, 3.05) is 6.54 Å². The molecule has 2 rings (SSSR count). The van der Waals surface area contributed by atoms with Crippen LogP contribution in [0.15, 0.2) is 24.3 Å². The zero-order valence-electron chi connectivity index (χ0n) is 13.2. The van der Waals surface area contributed by atoms with Gasteiger partial charge in [0.15, 0.2) is 0 Å². The smallest absolute Gasteiger partial charge is 0.223 e. The predicted octanol–water partition coefficient (Wildman–Crippen LogP) is 2.94. The number of aryl methyl sites for hydroxylation is 1. The maximum atomic E-state index is 12.2. The van der Waals surface area contributed by atoms with Crippen molar-refractivity contribution < 1.29 is 4.79 Å². The Balaban J connectivity index is 0.00000220. The van der Waals surface area contributed by atoms with Crippen LogP contribution < -0.4 is 11.1 Å². The molecule has 1 aliphatic carbocycles. The molecule has 3 N–H and O–H groups in total. The van der Waals surface area contributed by atoms with Crippen LogP contribution >= 0.6 is 12.4 Å². The summed E-state index contributed by atoms with van der Waals surface area (Å²) in [7, 11) is 0. The molecule has 0 spiro atoms. The van der Waals surface area contributed by atoms with E-state index >= 15 is 0 Å². The number of amides is 1. The summed E-state index contributed by atoms with van der Waals surface area (Å²) < 4.78 is 0. The summed E-state index contributed by atoms with van der Waals surface area (Å²) in [6.07, 6.45) is 2.73. The first-order chi connectivity index (χ1) is 9.40. The Morgan fingerprint density at radius 3 is 2.57 bits per heavy atom. The quantitative estimate of drug-likeness (QED) is 0.898. The first kappa shape index (κ1) is 18.0. The molecule has 3 nitrogen and oxygen atoms in total. The second-order valence-electron chi connectivity index (χ2n) is 6.69. The van der Waals surface area contributed by atoms with Crippen LogP contribution in [0.25, 0.3) is 0 Å². The second kappa shape index (κ2) is 7.28. The van der Waals surface area contributed by atoms with Crippen LogP contribution in [-0.2, 0) is 10.2 Å². The third kappa shape index (κ3) is 4.45. The van der Waals surface area contributed by atoms with Gasteiger partial charge in [-0.3, -0.25) is 4.79 Å². The molecule has 2 atom stereocenters. The van der Waals surface area contributed by atoms with Gasteiger partial charge < -0.3 is 11.1 Å². The van der Waals surface area contributed by atoms with Gasteiger partial charge in [-0.1, -0.05) is 38.1 Å². The number of hydrogen-bond donors (Lipinski definition) is 2. The number of nitrogens with two attached hydrogens (primary N) is 1. The molecule has 0 radical (unpaired) electrons. The summed E-state index contributed by atoms with van der Waals surface area (Å²) >= 11 is 0. The monoisotopic (exact) mass is 310 g/mol. The van der Waals surface area contributed by atoms with Crippen molar-refractivity contribution in [2.45, 2.75) is 51.5 Å². The first-order valence-corrected chi connectivity index (χ1v) is 7.49. The Bertz CT molecular complexity index is 487. The minimum Gasteiger partial charge on any atom is -0.355 e. The molecule has 1 aromatic carbocycles. The van der Waals surface area contributed by atoms with E-state index in [9.17, 15) is 4.79 Å². The van der Waals surface area contributed by atoms with Crippen molar-refractivity contribution in [3.63, 3.8) is 0 Å². The van der Waals surface area contributed by atoms with Crippen molar-refractivity contribution in [3.05, 3.63) is 35.4 Å². The first-order valence-electron chi connectivity index (χ1n) is 7.49. The Morgan fingerprint density at radius 2 is 2.00 bits per heavy atom. The van der Waals surface area contributed by atoms with E-state index in [1.54, 1.807) is 0 Å². The van der Waals surface area contributed by atoms with E-state index in [0.29, 0.717) is 6.54 Å². The molecule has 4 heteroatoms. The highest BCUT2D eigenvalue weighted by Gasteiger charge is 2.29. The second-order valence-corrected chi connectivity index (χ2v) is 6.69. The van der Waals surface area contributed by atoms with E-state index in [0.717, 1.165) is 19.3 Å². The predicted molar refractivity (Wildman–Crippen MR) is 89.8 cm³/mol. The standard InChI is InChI=1S/C17H26N2O.ClH/c1-12-6-4-5-7-15(12)17(2,3)11-19-16(20)13-8-9-14(18)10-13;/h4-7,13-14H,8-11,18H2,1-3H3,(H,19,20);1H. The lowest BCUT2D eigenvalue weighted by atomic mass is 9.82. The summed E-state index contributed by atoms with van der Waals surface area (Å²) in [5.74, 6) is 0.275. The Morgan fingerprint density at radius 1 is 1.33 bits per heavy atom. The van der Waals surface area contributed by atoms with Gasteiger partial charge in [0.2, 0.25) is 5.91 Å². The van der Waals surface area contributed by atoms with Crippen molar-refractivity contribution >= 4 is 18.3 Å². The lowest BCUT2D eigenvalue weighted by Gasteiger charge is -2.28. The van der Waals surface area contributed by atoms with E-state index < -0.39 is 0 Å². The van der Waals surface area contributed by atoms with E-state index in [1.807, 2.05) is 6.07 Å². The van der Waals surface area contributed by atoms with Crippen LogP contribution in [0.1, 0.15) is 44.2 Å². The molecule has 1 saturated carbocycles. The lowest BCUT2D eigenvalue weighted by Crippen LogP contribution is -2.39. The molecule has 0 saturated heterocycles. The fourth-order valence-electron chi connectivity index (χ4n) is 3.13. The van der Waals surface area contributed by atoms with E-state index in [1.165, 1.54) is 11.1 Å². The lowest BCUT2D eigenvalue weighted by molar-refractivity contribution is -0.125. The van der Waals surface area contributed by atoms with Crippen molar-refractivity contribution in [1.29, 1.82) is 0 Å². The molecule has 0 aliphatic heterocycles. The average molecular weight is 311 g/mol. The minimum absolute atomic E-state index is 0. The van der Waals surface area contributed by atoms with Crippen LogP contribution in [0.5, 0.6) is 0 Å². The zero-order valence-corrected chi connectivity index (χ0v) is 14.0. The summed E-state index contributed by atoms with van der Waals surface area (Å²) in [6.45, 7) is 7.14. The number of benzene rings is 1. The molecule has 2 unspecified atom stereocenters. The number of rotatable bonds is 4. The summed E-state index contributed by atoms with van der Waals surface area (Å²) in [5, 5.41) is 3.12. The summed E-state index contributed by atoms with van der Waals surface area (Å²) in [5.41, 5.74) is 8.39. The van der Waals surface area contributed by atoms with Crippen molar-refractivity contribution in [1.82, 2.24) is 5.32 Å². The average Bonchev–Trinajstić information content (AvgIpc) is 2.83. The SMILES string of the molecule is Cc1ccccc1C(C)(C)CNC(=O)C1CCC(N)C1.Cl. The highest BCUT2D eigenvalue weighted by atomic mass is 35.5. The van der Waals surface area contributed by atoms with Gasteiger partial charge in [0.25, 0.3) is 0 Å². The molecule has 21 heavy (non-hydrogen) atoms. The van der Waals surface area contributed by atoms with Crippen LogP contribution in [0, 0.1) is 12.8 Å². The zero-order chi connectivity index (χ0) is 14.8. The van der Waals surface area contributed by atoms with Gasteiger partial charge >= 0.3 is 0 Å². The molecular formula is C17H27ClN2O. The number of nitrogens with one attached hydrogen (secondary N) is 1. The molecule has 0 aromatic heterocycles. The van der Waals surface area contributed by atoms with E-state index in [-0.39, 0.29) is 35.7 Å². The van der Waals surface area contributed by atoms with Gasteiger partial charge in [-0.25, -0.2) is 0 Å². The molecule has 0 bridgehead atoms. The summed E-state index contributed by atoms with van der Waals surface area (Å²) in [6, 6.07) is 8.58. The van der Waals surface area contributed by atoms with Crippen molar-refractivity contribution in [3.8, 4) is 0 Å².